The summed E-state index contributed by atoms with van der Waals surface area (Å²) in [5.74, 6) is -1.81. The van der Waals surface area contributed by atoms with E-state index in [0.29, 0.717) is 0 Å². The van der Waals surface area contributed by atoms with Gasteiger partial charge < -0.3 is 20.7 Å². The first kappa shape index (κ1) is 28.9. The number of aromatic nitrogens is 4. The molecule has 6 radical (unpaired) electrons. The smallest absolute Gasteiger partial charge is 0.272 e. The average molecular weight is 562 g/mol. The van der Waals surface area contributed by atoms with Gasteiger partial charge in [-0.05, 0) is 18.9 Å². The molecule has 1 aromatic carbocycles. The largest absolute Gasteiger partial charge is 0.494 e. The number of hydrogen-bond donors (Lipinski definition) is 4. The zero-order chi connectivity index (χ0) is 29.4. The van der Waals surface area contributed by atoms with Gasteiger partial charge in [0.25, 0.3) is 5.91 Å². The minimum Gasteiger partial charge on any atom is -0.494 e. The molecule has 18 heteroatoms. The fourth-order valence-electron chi connectivity index (χ4n) is 3.67. The molecule has 1 aliphatic carbocycles. The van der Waals surface area contributed by atoms with E-state index >= 15 is 0 Å². The van der Waals surface area contributed by atoms with E-state index in [1.165, 1.54) is 31.0 Å². The Hall–Kier alpha value is -4.08. The van der Waals surface area contributed by atoms with Crippen molar-refractivity contribution >= 4 is 68.4 Å². The van der Waals surface area contributed by atoms with Crippen LogP contribution in [0.2, 0.25) is 0 Å². The number of amides is 2. The number of carbonyl (C=O) groups excluding carboxylic acids is 2. The first-order valence-corrected chi connectivity index (χ1v) is 13.6. The number of nitrogens with one attached hydrogen (secondary N) is 4. The molecular formula is C22H22B3FN8O5S. The fraction of sp³-hybridized carbons (Fsp3) is 0.318. The molecule has 1 saturated carbocycles. The number of sulfonamides is 1. The Balaban J connectivity index is 1.77. The van der Waals surface area contributed by atoms with Crippen LogP contribution < -0.4 is 25.4 Å². The van der Waals surface area contributed by atoms with E-state index in [2.05, 4.69) is 36.0 Å². The van der Waals surface area contributed by atoms with E-state index in [1.807, 2.05) is 0 Å². The van der Waals surface area contributed by atoms with Gasteiger partial charge in [0.2, 0.25) is 15.9 Å². The van der Waals surface area contributed by atoms with Crippen LogP contribution >= 0.6 is 0 Å². The topological polar surface area (TPSA) is 169 Å². The molecule has 0 bridgehead atoms. The molecule has 13 nitrogen and oxygen atoms in total. The van der Waals surface area contributed by atoms with Crippen molar-refractivity contribution in [2.75, 3.05) is 28.7 Å². The summed E-state index contributed by atoms with van der Waals surface area (Å²) in [7, 11) is 15.7. The summed E-state index contributed by atoms with van der Waals surface area (Å²) in [5.41, 5.74) is -0.00167. The molecule has 40 heavy (non-hydrogen) atoms. The second-order valence-corrected chi connectivity index (χ2v) is 11.0. The van der Waals surface area contributed by atoms with E-state index in [-0.39, 0.29) is 57.5 Å². The summed E-state index contributed by atoms with van der Waals surface area (Å²) >= 11 is 0. The molecule has 0 unspecified atom stereocenters. The Bertz CT molecular complexity index is 1590. The summed E-state index contributed by atoms with van der Waals surface area (Å²) in [6.07, 6.45) is 2.47. The lowest BCUT2D eigenvalue weighted by Gasteiger charge is -2.23. The highest BCUT2D eigenvalue weighted by Gasteiger charge is 2.30. The van der Waals surface area contributed by atoms with Crippen LogP contribution in [-0.4, -0.2) is 82.4 Å². The van der Waals surface area contributed by atoms with Gasteiger partial charge in [0.15, 0.2) is 17.3 Å². The predicted molar refractivity (Wildman–Crippen MR) is 148 cm³/mol. The zero-order valence-electron chi connectivity index (χ0n) is 21.6. The van der Waals surface area contributed by atoms with Crippen LogP contribution in [-0.2, 0) is 21.9 Å². The summed E-state index contributed by atoms with van der Waals surface area (Å²) in [5, 5.41) is 17.6. The predicted octanol–water partition coefficient (Wildman–Crippen LogP) is 0.335. The van der Waals surface area contributed by atoms with Crippen LogP contribution in [0.1, 0.15) is 23.3 Å². The molecule has 1 aliphatic rings. The molecular weight excluding hydrogens is 540 g/mol. The number of hydrogen-bond acceptors (Lipinski definition) is 9. The number of halogens is 1. The SMILES string of the molecule is [B]C([B])([B])NC(=O)c1nnc(NC(=O)C2CC2)cc1Nc1cc(F)cc(-c2cc(NS(C)(=O)=O)n(C)n2)c1OC. The number of ether oxygens (including phenoxy) is 1. The van der Waals surface area contributed by atoms with E-state index < -0.39 is 27.0 Å². The number of anilines is 4. The molecule has 3 aromatic rings. The molecule has 0 saturated heterocycles. The first-order chi connectivity index (χ1) is 18.6. The molecule has 1 fully saturated rings. The first-order valence-electron chi connectivity index (χ1n) is 11.7. The summed E-state index contributed by atoms with van der Waals surface area (Å²) < 4.78 is 47.4. The monoisotopic (exact) mass is 562 g/mol. The van der Waals surface area contributed by atoms with Crippen molar-refractivity contribution in [2.24, 2.45) is 13.0 Å². The van der Waals surface area contributed by atoms with Crippen LogP contribution in [0.15, 0.2) is 24.3 Å². The lowest BCUT2D eigenvalue weighted by molar-refractivity contribution is -0.117. The van der Waals surface area contributed by atoms with Crippen molar-refractivity contribution in [3.8, 4) is 17.0 Å². The molecule has 202 valence electrons. The maximum absolute atomic E-state index is 14.9. The van der Waals surface area contributed by atoms with E-state index in [0.717, 1.165) is 31.2 Å². The van der Waals surface area contributed by atoms with Crippen LogP contribution in [0, 0.1) is 11.7 Å². The maximum Gasteiger partial charge on any atom is 0.272 e. The van der Waals surface area contributed by atoms with Crippen molar-refractivity contribution in [3.05, 3.63) is 35.8 Å². The van der Waals surface area contributed by atoms with Gasteiger partial charge in [-0.1, -0.05) is 5.24 Å². The van der Waals surface area contributed by atoms with Gasteiger partial charge in [-0.3, -0.25) is 19.0 Å². The summed E-state index contributed by atoms with van der Waals surface area (Å²) in [6.45, 7) is 0. The maximum atomic E-state index is 14.9. The van der Waals surface area contributed by atoms with Crippen LogP contribution in [0.4, 0.5) is 27.4 Å². The highest BCUT2D eigenvalue weighted by Crippen LogP contribution is 2.40. The Labute approximate surface area is 233 Å². The second-order valence-electron chi connectivity index (χ2n) is 9.21. The highest BCUT2D eigenvalue weighted by atomic mass is 32.2. The highest BCUT2D eigenvalue weighted by molar-refractivity contribution is 7.92. The molecule has 2 amide bonds. The van der Waals surface area contributed by atoms with Crippen molar-refractivity contribution in [1.29, 1.82) is 0 Å². The van der Waals surface area contributed by atoms with Gasteiger partial charge in [0, 0.05) is 36.7 Å². The van der Waals surface area contributed by atoms with E-state index in [1.54, 1.807) is 0 Å². The molecule has 4 rings (SSSR count). The molecule has 0 atom stereocenters. The second kappa shape index (κ2) is 10.8. The number of aryl methyl sites for hydroxylation is 1. The van der Waals surface area contributed by atoms with Crippen molar-refractivity contribution < 1.29 is 27.1 Å². The lowest BCUT2D eigenvalue weighted by Crippen LogP contribution is -2.50. The normalized spacial score (nSPS) is 13.4. The van der Waals surface area contributed by atoms with Gasteiger partial charge in [-0.2, -0.15) is 5.10 Å². The average Bonchev–Trinajstić information content (AvgIpc) is 3.61. The minimum absolute atomic E-state index is 0.0206. The molecule has 0 spiro atoms. The minimum atomic E-state index is -3.62. The van der Waals surface area contributed by atoms with Crippen molar-refractivity contribution in [2.45, 2.75) is 18.1 Å². The third-order valence-electron chi connectivity index (χ3n) is 5.51. The summed E-state index contributed by atoms with van der Waals surface area (Å²) in [6, 6.07) is 4.93. The molecule has 0 aliphatic heterocycles. The van der Waals surface area contributed by atoms with Gasteiger partial charge in [-0.15, -0.1) is 10.2 Å². The third kappa shape index (κ3) is 7.11. The summed E-state index contributed by atoms with van der Waals surface area (Å²) in [4.78, 5) is 25.1. The Kier molecular flexibility index (Phi) is 7.83. The lowest BCUT2D eigenvalue weighted by atomic mass is 9.49. The molecule has 4 N–H and O–H groups in total. The van der Waals surface area contributed by atoms with E-state index in [9.17, 15) is 22.4 Å². The number of rotatable bonds is 10. The number of carbonyl (C=O) groups is 2. The van der Waals surface area contributed by atoms with Crippen LogP contribution in [0.3, 0.4) is 0 Å². The van der Waals surface area contributed by atoms with Gasteiger partial charge in [0.1, 0.15) is 11.6 Å². The van der Waals surface area contributed by atoms with Crippen molar-refractivity contribution in [1.82, 2.24) is 25.3 Å². The zero-order valence-corrected chi connectivity index (χ0v) is 22.5. The number of nitrogens with zero attached hydrogens (tertiary/aromatic N) is 4. The number of benzene rings is 1. The third-order valence-corrected chi connectivity index (χ3v) is 6.09. The number of methoxy groups -OCH3 is 1. The van der Waals surface area contributed by atoms with Gasteiger partial charge >= 0.3 is 0 Å². The van der Waals surface area contributed by atoms with Gasteiger partial charge in [-0.25, -0.2) is 12.8 Å². The van der Waals surface area contributed by atoms with Gasteiger partial charge in [0.05, 0.1) is 54.0 Å². The Morgan fingerprint density at radius 3 is 2.42 bits per heavy atom. The van der Waals surface area contributed by atoms with Crippen LogP contribution in [0.25, 0.3) is 11.3 Å². The molecule has 2 aromatic heterocycles. The molecule has 2 heterocycles. The van der Waals surface area contributed by atoms with E-state index in [4.69, 9.17) is 28.3 Å². The van der Waals surface area contributed by atoms with Crippen LogP contribution in [0.5, 0.6) is 5.75 Å². The van der Waals surface area contributed by atoms with Crippen molar-refractivity contribution in [3.63, 3.8) is 0 Å². The Morgan fingerprint density at radius 2 is 1.82 bits per heavy atom. The quantitative estimate of drug-likeness (QED) is 0.255. The Morgan fingerprint density at radius 1 is 1.12 bits per heavy atom. The standard InChI is InChI=1S/C22H22B3FN8O5S/c1-34-17(33-40(3,37)38)9-13(32-34)12-6-11(26)7-15(19(12)39-2)27-14-8-16(28-20(35)10-4-5-10)30-31-18(14)21(36)29-22(23,24)25/h6-10,33H,4-5H2,1-3H3,(H,29,36)(H2,27,28,30,35). The fourth-order valence-corrected chi connectivity index (χ4v) is 4.24.